The van der Waals surface area contributed by atoms with Crippen molar-refractivity contribution < 1.29 is 0 Å². The average molecular weight is 264 g/mol. The van der Waals surface area contributed by atoms with Crippen molar-refractivity contribution in [3.05, 3.63) is 48.0 Å². The van der Waals surface area contributed by atoms with Gasteiger partial charge in [-0.1, -0.05) is 18.2 Å². The molecule has 0 bridgehead atoms. The molecule has 0 spiro atoms. The number of nitrogens with one attached hydrogen (secondary N) is 1. The molecular weight excluding hydrogens is 248 g/mol. The van der Waals surface area contributed by atoms with E-state index in [4.69, 9.17) is 10.7 Å². The van der Waals surface area contributed by atoms with Gasteiger partial charge in [0.25, 0.3) is 0 Å². The largest absolute Gasteiger partial charge is 0.360 e. The summed E-state index contributed by atoms with van der Waals surface area (Å²) >= 11 is 0. The molecule has 1 aliphatic rings. The van der Waals surface area contributed by atoms with Crippen LogP contribution in [0.4, 0.5) is 0 Å². The number of H-pyrrole nitrogens is 1. The molecule has 100 valence electrons. The number of para-hydroxylation sites is 1. The first-order valence-corrected chi connectivity index (χ1v) is 6.87. The van der Waals surface area contributed by atoms with Crippen molar-refractivity contribution in [2.75, 3.05) is 0 Å². The molecule has 0 amide bonds. The lowest BCUT2D eigenvalue weighted by Gasteiger charge is -2.10. The highest BCUT2D eigenvalue weighted by Crippen LogP contribution is 2.41. The number of rotatable bonds is 2. The molecule has 4 nitrogen and oxygen atoms in total. The van der Waals surface area contributed by atoms with Gasteiger partial charge in [0, 0.05) is 28.4 Å². The average Bonchev–Trinajstić information content (AvgIpc) is 3.05. The number of nitrogens with zero attached hydrogens (tertiary/aromatic N) is 2. The second kappa shape index (κ2) is 3.90. The Hall–Kier alpha value is -2.20. The zero-order valence-corrected chi connectivity index (χ0v) is 11.4. The lowest BCUT2D eigenvalue weighted by atomic mass is 10.1. The number of aromatic nitrogens is 3. The summed E-state index contributed by atoms with van der Waals surface area (Å²) in [5.74, 6) is 0.776. The van der Waals surface area contributed by atoms with Gasteiger partial charge >= 0.3 is 0 Å². The number of nitrogens with two attached hydrogens (primary N) is 1. The number of benzene rings is 1. The lowest BCUT2D eigenvalue weighted by molar-refractivity contribution is 0.669. The summed E-state index contributed by atoms with van der Waals surface area (Å²) in [5.41, 5.74) is 10.1. The van der Waals surface area contributed by atoms with Crippen LogP contribution in [-0.2, 0) is 5.54 Å². The molecule has 1 aliphatic carbocycles. The third kappa shape index (κ3) is 1.72. The first-order valence-electron chi connectivity index (χ1n) is 6.87. The van der Waals surface area contributed by atoms with Gasteiger partial charge in [0.15, 0.2) is 0 Å². The van der Waals surface area contributed by atoms with Gasteiger partial charge < -0.3 is 10.7 Å². The second-order valence-electron chi connectivity index (χ2n) is 5.62. The van der Waals surface area contributed by atoms with Gasteiger partial charge in [-0.3, -0.25) is 0 Å². The summed E-state index contributed by atoms with van der Waals surface area (Å²) in [6.45, 7) is 2.00. The Morgan fingerprint density at radius 3 is 2.80 bits per heavy atom. The predicted molar refractivity (Wildman–Crippen MR) is 79.2 cm³/mol. The van der Waals surface area contributed by atoms with E-state index >= 15 is 0 Å². The fraction of sp³-hybridized carbons (Fsp3) is 0.250. The maximum atomic E-state index is 6.24. The lowest BCUT2D eigenvalue weighted by Crippen LogP contribution is -2.22. The van der Waals surface area contributed by atoms with Crippen molar-refractivity contribution in [3.63, 3.8) is 0 Å². The Morgan fingerprint density at radius 2 is 2.00 bits per heavy atom. The van der Waals surface area contributed by atoms with Crippen LogP contribution in [0.5, 0.6) is 0 Å². The van der Waals surface area contributed by atoms with Crippen molar-refractivity contribution in [1.29, 1.82) is 0 Å². The van der Waals surface area contributed by atoms with Gasteiger partial charge in [0.05, 0.1) is 11.2 Å². The van der Waals surface area contributed by atoms with Crippen LogP contribution in [0.15, 0.2) is 36.5 Å². The SMILES string of the molecule is Cc1cc(-c2c[nH]c3ccccc23)nc(C2(N)CC2)n1. The fourth-order valence-electron chi connectivity index (χ4n) is 2.57. The number of aromatic amines is 1. The molecule has 0 atom stereocenters. The van der Waals surface area contributed by atoms with Crippen LogP contribution in [0.1, 0.15) is 24.4 Å². The van der Waals surface area contributed by atoms with Gasteiger partial charge in [-0.15, -0.1) is 0 Å². The molecule has 3 N–H and O–H groups in total. The summed E-state index contributed by atoms with van der Waals surface area (Å²) in [6, 6.07) is 10.3. The first kappa shape index (κ1) is 11.6. The van der Waals surface area contributed by atoms with Crippen LogP contribution in [-0.4, -0.2) is 15.0 Å². The number of aryl methyl sites for hydroxylation is 1. The normalized spacial score (nSPS) is 16.5. The van der Waals surface area contributed by atoms with Gasteiger partial charge in [0.2, 0.25) is 0 Å². The van der Waals surface area contributed by atoms with Gasteiger partial charge in [-0.05, 0) is 31.9 Å². The van der Waals surface area contributed by atoms with E-state index in [2.05, 4.69) is 22.1 Å². The molecule has 1 fully saturated rings. The molecule has 2 heterocycles. The molecule has 20 heavy (non-hydrogen) atoms. The highest BCUT2D eigenvalue weighted by atomic mass is 15.0. The Balaban J connectivity index is 1.92. The van der Waals surface area contributed by atoms with E-state index in [-0.39, 0.29) is 5.54 Å². The minimum atomic E-state index is -0.299. The second-order valence-corrected chi connectivity index (χ2v) is 5.62. The minimum absolute atomic E-state index is 0.299. The molecular formula is C16H16N4. The van der Waals surface area contributed by atoms with E-state index in [9.17, 15) is 0 Å². The Kier molecular flexibility index (Phi) is 2.26. The topological polar surface area (TPSA) is 67.6 Å². The minimum Gasteiger partial charge on any atom is -0.360 e. The molecule has 0 saturated heterocycles. The summed E-state index contributed by atoms with van der Waals surface area (Å²) in [7, 11) is 0. The van der Waals surface area contributed by atoms with Gasteiger partial charge in [0.1, 0.15) is 5.82 Å². The highest BCUT2D eigenvalue weighted by Gasteiger charge is 2.43. The standard InChI is InChI=1S/C16H16N4/c1-10-8-14(20-15(19-10)16(17)6-7-16)12-9-18-13-5-3-2-4-11(12)13/h2-5,8-9,18H,6-7,17H2,1H3. The third-order valence-electron chi connectivity index (χ3n) is 3.95. The molecule has 0 aliphatic heterocycles. The van der Waals surface area contributed by atoms with Crippen molar-refractivity contribution in [1.82, 2.24) is 15.0 Å². The number of hydrogen-bond donors (Lipinski definition) is 2. The van der Waals surface area contributed by atoms with Crippen LogP contribution in [0.2, 0.25) is 0 Å². The van der Waals surface area contributed by atoms with Gasteiger partial charge in [-0.2, -0.15) is 0 Å². The maximum Gasteiger partial charge on any atom is 0.149 e. The molecule has 1 saturated carbocycles. The molecule has 0 radical (unpaired) electrons. The van der Waals surface area contributed by atoms with Crippen molar-refractivity contribution in [2.45, 2.75) is 25.3 Å². The van der Waals surface area contributed by atoms with Crippen LogP contribution < -0.4 is 5.73 Å². The molecule has 1 aromatic carbocycles. The fourth-order valence-corrected chi connectivity index (χ4v) is 2.57. The van der Waals surface area contributed by atoms with E-state index in [0.29, 0.717) is 0 Å². The summed E-state index contributed by atoms with van der Waals surface area (Å²) in [4.78, 5) is 12.5. The summed E-state index contributed by atoms with van der Waals surface area (Å²) in [5, 5.41) is 1.18. The van der Waals surface area contributed by atoms with E-state index in [1.54, 1.807) is 0 Å². The Labute approximate surface area is 117 Å². The van der Waals surface area contributed by atoms with Crippen LogP contribution in [0.3, 0.4) is 0 Å². The van der Waals surface area contributed by atoms with Gasteiger partial charge in [-0.25, -0.2) is 9.97 Å². The smallest absolute Gasteiger partial charge is 0.149 e. The predicted octanol–water partition coefficient (Wildman–Crippen LogP) is 2.88. The van der Waals surface area contributed by atoms with E-state index in [1.807, 2.05) is 31.3 Å². The first-order chi connectivity index (χ1) is 9.66. The van der Waals surface area contributed by atoms with E-state index in [0.717, 1.165) is 41.1 Å². The van der Waals surface area contributed by atoms with Crippen molar-refractivity contribution >= 4 is 10.9 Å². The van der Waals surface area contributed by atoms with E-state index in [1.165, 1.54) is 5.39 Å². The van der Waals surface area contributed by atoms with Crippen LogP contribution in [0.25, 0.3) is 22.2 Å². The Bertz CT molecular complexity index is 799. The number of hydrogen-bond acceptors (Lipinski definition) is 3. The molecule has 4 rings (SSSR count). The molecule has 4 heteroatoms. The monoisotopic (exact) mass is 264 g/mol. The van der Waals surface area contributed by atoms with Crippen molar-refractivity contribution in [2.24, 2.45) is 5.73 Å². The summed E-state index contributed by atoms with van der Waals surface area (Å²) in [6.07, 6.45) is 3.96. The molecule has 0 unspecified atom stereocenters. The molecule has 3 aromatic rings. The Morgan fingerprint density at radius 1 is 1.20 bits per heavy atom. The quantitative estimate of drug-likeness (QED) is 0.748. The number of fused-ring (bicyclic) bond motifs is 1. The van der Waals surface area contributed by atoms with E-state index < -0.39 is 0 Å². The van der Waals surface area contributed by atoms with Crippen LogP contribution in [0, 0.1) is 6.92 Å². The third-order valence-corrected chi connectivity index (χ3v) is 3.95. The van der Waals surface area contributed by atoms with Crippen molar-refractivity contribution in [3.8, 4) is 11.3 Å². The highest BCUT2D eigenvalue weighted by molar-refractivity contribution is 5.94. The summed E-state index contributed by atoms with van der Waals surface area (Å²) < 4.78 is 0. The van der Waals surface area contributed by atoms with Crippen LogP contribution >= 0.6 is 0 Å². The zero-order valence-electron chi connectivity index (χ0n) is 11.4. The zero-order chi connectivity index (χ0) is 13.7. The molecule has 2 aromatic heterocycles. The maximum absolute atomic E-state index is 6.24.